The fourth-order valence-corrected chi connectivity index (χ4v) is 1.58. The first kappa shape index (κ1) is 11.3. The first-order valence-electron chi connectivity index (χ1n) is 5.03. The summed E-state index contributed by atoms with van der Waals surface area (Å²) < 4.78 is 18.0. The number of aromatic carboxylic acids is 1. The molecule has 1 aromatic heterocycles. The number of aromatic nitrogens is 1. The quantitative estimate of drug-likeness (QED) is 0.887. The normalized spacial score (nSPS) is 12.4. The highest BCUT2D eigenvalue weighted by Crippen LogP contribution is 2.29. The number of nitrogens with zero attached hydrogens (tertiary/aromatic N) is 1. The second-order valence-electron chi connectivity index (χ2n) is 3.58. The van der Waals surface area contributed by atoms with Crippen molar-refractivity contribution in [3.63, 3.8) is 0 Å². The zero-order valence-corrected chi connectivity index (χ0v) is 9.05. The molecule has 0 saturated heterocycles. The average molecular weight is 235 g/mol. The molecule has 5 heteroatoms. The molecule has 4 nitrogen and oxygen atoms in total. The molecule has 1 aromatic carbocycles. The molecule has 1 unspecified atom stereocenters. The molecule has 17 heavy (non-hydrogen) atoms. The van der Waals surface area contributed by atoms with E-state index in [2.05, 4.69) is 9.68 Å². The molecular weight excluding hydrogens is 225 g/mol. The van der Waals surface area contributed by atoms with E-state index in [1.54, 1.807) is 24.3 Å². The van der Waals surface area contributed by atoms with Crippen LogP contribution >= 0.6 is 0 Å². The molecular formula is C12H10FNO3. The summed E-state index contributed by atoms with van der Waals surface area (Å²) >= 11 is 0. The Morgan fingerprint density at radius 3 is 2.76 bits per heavy atom. The van der Waals surface area contributed by atoms with Gasteiger partial charge in [0.05, 0.1) is 0 Å². The molecule has 0 aliphatic heterocycles. The monoisotopic (exact) mass is 235 g/mol. The first-order valence-corrected chi connectivity index (χ1v) is 5.03. The first-order chi connectivity index (χ1) is 8.09. The van der Waals surface area contributed by atoms with Crippen LogP contribution in [0.2, 0.25) is 0 Å². The van der Waals surface area contributed by atoms with Gasteiger partial charge in [-0.25, -0.2) is 9.18 Å². The van der Waals surface area contributed by atoms with Crippen molar-refractivity contribution in [3.8, 4) is 11.3 Å². The zero-order chi connectivity index (χ0) is 12.4. The highest BCUT2D eigenvalue weighted by atomic mass is 19.1. The van der Waals surface area contributed by atoms with Gasteiger partial charge in [-0.2, -0.15) is 0 Å². The Morgan fingerprint density at radius 2 is 2.18 bits per heavy atom. The van der Waals surface area contributed by atoms with Crippen molar-refractivity contribution < 1.29 is 18.8 Å². The van der Waals surface area contributed by atoms with Crippen LogP contribution in [0.25, 0.3) is 11.3 Å². The Labute approximate surface area is 96.7 Å². The van der Waals surface area contributed by atoms with Crippen LogP contribution in [0, 0.1) is 0 Å². The van der Waals surface area contributed by atoms with Gasteiger partial charge in [-0.05, 0) is 12.5 Å². The van der Waals surface area contributed by atoms with Crippen molar-refractivity contribution in [2.45, 2.75) is 13.1 Å². The van der Waals surface area contributed by atoms with Crippen molar-refractivity contribution >= 4 is 5.97 Å². The van der Waals surface area contributed by atoms with Crippen LogP contribution in [0.4, 0.5) is 4.39 Å². The Bertz CT molecular complexity index is 548. The van der Waals surface area contributed by atoms with Crippen molar-refractivity contribution in [1.29, 1.82) is 0 Å². The number of rotatable bonds is 3. The number of carbonyl (C=O) groups is 1. The van der Waals surface area contributed by atoms with E-state index in [0.29, 0.717) is 16.8 Å². The number of carboxylic acid groups (broad SMARTS) is 1. The minimum Gasteiger partial charge on any atom is -0.475 e. The Hall–Kier alpha value is -2.17. The topological polar surface area (TPSA) is 63.3 Å². The largest absolute Gasteiger partial charge is 0.475 e. The summed E-state index contributed by atoms with van der Waals surface area (Å²) in [4.78, 5) is 10.7. The number of hydrogen-bond donors (Lipinski definition) is 1. The van der Waals surface area contributed by atoms with Crippen molar-refractivity contribution in [2.24, 2.45) is 0 Å². The zero-order valence-electron chi connectivity index (χ0n) is 9.05. The summed E-state index contributed by atoms with van der Waals surface area (Å²) in [5, 5.41) is 12.3. The lowest BCUT2D eigenvalue weighted by Crippen LogP contribution is -1.92. The van der Waals surface area contributed by atoms with E-state index in [0.717, 1.165) is 0 Å². The molecule has 0 fully saturated rings. The Balaban J connectivity index is 2.48. The van der Waals surface area contributed by atoms with E-state index in [9.17, 15) is 9.18 Å². The SMILES string of the molecule is CC(F)c1ccccc1-c1cc(C(=O)O)on1. The molecule has 0 aliphatic carbocycles. The van der Waals surface area contributed by atoms with Gasteiger partial charge >= 0.3 is 5.97 Å². The van der Waals surface area contributed by atoms with E-state index in [1.165, 1.54) is 13.0 Å². The van der Waals surface area contributed by atoms with Gasteiger partial charge in [0.15, 0.2) is 0 Å². The van der Waals surface area contributed by atoms with Crippen LogP contribution in [-0.2, 0) is 0 Å². The summed E-state index contributed by atoms with van der Waals surface area (Å²) in [6.07, 6.45) is -1.16. The highest BCUT2D eigenvalue weighted by molar-refractivity contribution is 5.85. The summed E-state index contributed by atoms with van der Waals surface area (Å²) in [6, 6.07) is 8.04. The fraction of sp³-hybridized carbons (Fsp3) is 0.167. The lowest BCUT2D eigenvalue weighted by Gasteiger charge is -2.06. The number of halogens is 1. The van der Waals surface area contributed by atoms with E-state index < -0.39 is 12.1 Å². The second kappa shape index (κ2) is 4.37. The van der Waals surface area contributed by atoms with E-state index in [4.69, 9.17) is 5.11 Å². The second-order valence-corrected chi connectivity index (χ2v) is 3.58. The van der Waals surface area contributed by atoms with E-state index in [1.807, 2.05) is 0 Å². The molecule has 0 amide bonds. The standard InChI is InChI=1S/C12H10FNO3/c1-7(13)8-4-2-3-5-9(8)10-6-11(12(15)16)17-14-10/h2-7H,1H3,(H,15,16). The van der Waals surface area contributed by atoms with Crippen LogP contribution in [0.3, 0.4) is 0 Å². The Kier molecular flexibility index (Phi) is 2.91. The maximum Gasteiger partial charge on any atom is 0.374 e. The van der Waals surface area contributed by atoms with Crippen molar-refractivity contribution in [1.82, 2.24) is 5.16 Å². The smallest absolute Gasteiger partial charge is 0.374 e. The van der Waals surface area contributed by atoms with Gasteiger partial charge in [-0.3, -0.25) is 0 Å². The Morgan fingerprint density at radius 1 is 1.47 bits per heavy atom. The van der Waals surface area contributed by atoms with Crippen LogP contribution in [0.15, 0.2) is 34.9 Å². The minimum atomic E-state index is -1.20. The lowest BCUT2D eigenvalue weighted by atomic mass is 10.0. The molecule has 88 valence electrons. The lowest BCUT2D eigenvalue weighted by molar-refractivity contribution is 0.0652. The summed E-state index contributed by atoms with van der Waals surface area (Å²) in [6.45, 7) is 1.41. The number of benzene rings is 1. The minimum absolute atomic E-state index is 0.263. The molecule has 2 rings (SSSR count). The maximum atomic E-state index is 13.4. The third-order valence-electron chi connectivity index (χ3n) is 2.39. The average Bonchev–Trinajstić information content (AvgIpc) is 2.78. The van der Waals surface area contributed by atoms with Crippen LogP contribution in [0.1, 0.15) is 29.2 Å². The maximum absolute atomic E-state index is 13.4. The highest BCUT2D eigenvalue weighted by Gasteiger charge is 2.16. The van der Waals surface area contributed by atoms with Gasteiger partial charge in [0.25, 0.3) is 0 Å². The van der Waals surface area contributed by atoms with Gasteiger partial charge in [0.2, 0.25) is 5.76 Å². The molecule has 0 saturated carbocycles. The molecule has 0 spiro atoms. The summed E-state index contributed by atoms with van der Waals surface area (Å²) in [5.41, 5.74) is 1.32. The molecule has 1 heterocycles. The van der Waals surface area contributed by atoms with Gasteiger partial charge in [0, 0.05) is 11.6 Å². The number of carboxylic acids is 1. The van der Waals surface area contributed by atoms with Gasteiger partial charge < -0.3 is 9.63 Å². The molecule has 0 radical (unpaired) electrons. The molecule has 1 N–H and O–H groups in total. The fourth-order valence-electron chi connectivity index (χ4n) is 1.58. The molecule has 0 aliphatic rings. The number of hydrogen-bond acceptors (Lipinski definition) is 3. The summed E-state index contributed by atoms with van der Waals surface area (Å²) in [7, 11) is 0. The van der Waals surface area contributed by atoms with Crippen LogP contribution in [-0.4, -0.2) is 16.2 Å². The van der Waals surface area contributed by atoms with Crippen molar-refractivity contribution in [3.05, 3.63) is 41.7 Å². The molecule has 2 aromatic rings. The van der Waals surface area contributed by atoms with Gasteiger partial charge in [0.1, 0.15) is 11.9 Å². The van der Waals surface area contributed by atoms with Crippen molar-refractivity contribution in [2.75, 3.05) is 0 Å². The number of alkyl halides is 1. The third kappa shape index (κ3) is 2.18. The molecule has 0 bridgehead atoms. The molecule has 1 atom stereocenters. The van der Waals surface area contributed by atoms with E-state index >= 15 is 0 Å². The predicted molar refractivity (Wildman–Crippen MR) is 58.4 cm³/mol. The van der Waals surface area contributed by atoms with Gasteiger partial charge in [-0.15, -0.1) is 0 Å². The van der Waals surface area contributed by atoms with Crippen LogP contribution in [0.5, 0.6) is 0 Å². The third-order valence-corrected chi connectivity index (χ3v) is 2.39. The predicted octanol–water partition coefficient (Wildman–Crippen LogP) is 3.07. The van der Waals surface area contributed by atoms with Gasteiger partial charge in [-0.1, -0.05) is 29.4 Å². The summed E-state index contributed by atoms with van der Waals surface area (Å²) in [5.74, 6) is -1.46. The van der Waals surface area contributed by atoms with E-state index in [-0.39, 0.29) is 5.76 Å². The van der Waals surface area contributed by atoms with Crippen LogP contribution < -0.4 is 0 Å².